The van der Waals surface area contributed by atoms with Crippen molar-refractivity contribution in [2.75, 3.05) is 11.1 Å². The number of aryl methyl sites for hydroxylation is 1. The minimum Gasteiger partial charge on any atom is -0.349 e. The molecule has 2 aromatic carbocycles. The van der Waals surface area contributed by atoms with Crippen LogP contribution in [0.15, 0.2) is 65.8 Å². The van der Waals surface area contributed by atoms with Crippen molar-refractivity contribution in [3.8, 4) is 11.3 Å². The van der Waals surface area contributed by atoms with Gasteiger partial charge >= 0.3 is 0 Å². The number of carbonyl (C=O) groups is 2. The lowest BCUT2D eigenvalue weighted by molar-refractivity contribution is -0.120. The van der Waals surface area contributed by atoms with E-state index in [-0.39, 0.29) is 24.1 Å². The summed E-state index contributed by atoms with van der Waals surface area (Å²) < 4.78 is 1.90. The summed E-state index contributed by atoms with van der Waals surface area (Å²) in [5.74, 6) is 0.591. The van der Waals surface area contributed by atoms with Crippen LogP contribution in [-0.4, -0.2) is 37.3 Å². The molecule has 35 heavy (non-hydrogen) atoms. The van der Waals surface area contributed by atoms with E-state index in [9.17, 15) is 9.59 Å². The number of carbonyl (C=O) groups excluding carboxylic acids is 2. The molecule has 2 N–H and O–H groups in total. The molecule has 8 nitrogen and oxygen atoms in total. The van der Waals surface area contributed by atoms with Crippen LogP contribution < -0.4 is 10.6 Å². The predicted octanol–water partition coefficient (Wildman–Crippen LogP) is 4.32. The van der Waals surface area contributed by atoms with Crippen LogP contribution in [0.5, 0.6) is 0 Å². The summed E-state index contributed by atoms with van der Waals surface area (Å²) in [6.45, 7) is 4.88. The smallest absolute Gasteiger partial charge is 0.236 e. The second kappa shape index (κ2) is 11.8. The molecule has 0 fully saturated rings. The fourth-order valence-corrected chi connectivity index (χ4v) is 5.17. The van der Waals surface area contributed by atoms with Gasteiger partial charge in [0.05, 0.1) is 24.4 Å². The Balaban J connectivity index is 1.30. The summed E-state index contributed by atoms with van der Waals surface area (Å²) in [7, 11) is 0. The number of thiazole rings is 1. The zero-order chi connectivity index (χ0) is 24.6. The van der Waals surface area contributed by atoms with Crippen molar-refractivity contribution >= 4 is 40.0 Å². The lowest BCUT2D eigenvalue weighted by Gasteiger charge is -2.08. The van der Waals surface area contributed by atoms with Crippen molar-refractivity contribution in [2.45, 2.75) is 38.5 Å². The van der Waals surface area contributed by atoms with E-state index in [1.165, 1.54) is 23.1 Å². The van der Waals surface area contributed by atoms with Crippen molar-refractivity contribution < 1.29 is 9.59 Å². The lowest BCUT2D eigenvalue weighted by atomic mass is 10.1. The first-order valence-corrected chi connectivity index (χ1v) is 13.0. The Morgan fingerprint density at radius 2 is 1.71 bits per heavy atom. The van der Waals surface area contributed by atoms with E-state index in [2.05, 4.69) is 25.8 Å². The van der Waals surface area contributed by atoms with Gasteiger partial charge in [-0.25, -0.2) is 4.98 Å². The van der Waals surface area contributed by atoms with Gasteiger partial charge in [-0.1, -0.05) is 72.4 Å². The van der Waals surface area contributed by atoms with E-state index in [4.69, 9.17) is 0 Å². The van der Waals surface area contributed by atoms with Crippen LogP contribution >= 0.6 is 23.1 Å². The lowest BCUT2D eigenvalue weighted by Crippen LogP contribution is -2.26. The average Bonchev–Trinajstić information content (AvgIpc) is 3.44. The van der Waals surface area contributed by atoms with Crippen molar-refractivity contribution in [1.29, 1.82) is 0 Å². The Kier molecular flexibility index (Phi) is 8.27. The van der Waals surface area contributed by atoms with Crippen LogP contribution in [0.4, 0.5) is 5.13 Å². The molecular formula is C25H26N6O2S2. The van der Waals surface area contributed by atoms with Gasteiger partial charge < -0.3 is 15.2 Å². The molecule has 0 spiro atoms. The molecule has 0 saturated carbocycles. The van der Waals surface area contributed by atoms with Gasteiger partial charge in [0.2, 0.25) is 11.8 Å². The molecular weight excluding hydrogens is 480 g/mol. The minimum atomic E-state index is -0.160. The van der Waals surface area contributed by atoms with E-state index < -0.39 is 0 Å². The maximum absolute atomic E-state index is 12.6. The number of hydrogen-bond acceptors (Lipinski definition) is 7. The summed E-state index contributed by atoms with van der Waals surface area (Å²) in [5.41, 5.74) is 2.86. The van der Waals surface area contributed by atoms with E-state index in [1.807, 2.05) is 79.1 Å². The minimum absolute atomic E-state index is 0.0796. The standard InChI is InChI=1S/C25H26N6O2S2/c1-3-31-20(15-26-21(32)14-18-10-6-4-7-11-18)29-30-25(31)34-16-22(33)27-24-28-23(17(2)35-24)19-12-8-5-9-13-19/h4-13H,3,14-16H2,1-2H3,(H,26,32)(H,27,28,33). The van der Waals surface area contributed by atoms with E-state index in [0.717, 1.165) is 21.7 Å². The number of nitrogens with one attached hydrogen (secondary N) is 2. The summed E-state index contributed by atoms with van der Waals surface area (Å²) in [5, 5.41) is 15.4. The van der Waals surface area contributed by atoms with Crippen molar-refractivity contribution in [3.05, 3.63) is 76.9 Å². The van der Waals surface area contributed by atoms with Crippen LogP contribution in [0.1, 0.15) is 23.2 Å². The third kappa shape index (κ3) is 6.55. The van der Waals surface area contributed by atoms with Gasteiger partial charge in [-0.2, -0.15) is 0 Å². The maximum Gasteiger partial charge on any atom is 0.236 e. The molecule has 4 rings (SSSR count). The highest BCUT2D eigenvalue weighted by atomic mass is 32.2. The third-order valence-electron chi connectivity index (χ3n) is 5.18. The monoisotopic (exact) mass is 506 g/mol. The maximum atomic E-state index is 12.6. The molecule has 0 unspecified atom stereocenters. The molecule has 0 aliphatic heterocycles. The van der Waals surface area contributed by atoms with Crippen LogP contribution in [0, 0.1) is 6.92 Å². The van der Waals surface area contributed by atoms with Crippen LogP contribution in [-0.2, 0) is 29.1 Å². The van der Waals surface area contributed by atoms with E-state index >= 15 is 0 Å². The van der Waals surface area contributed by atoms with E-state index in [1.54, 1.807) is 0 Å². The Labute approximate surface area is 212 Å². The summed E-state index contributed by atoms with van der Waals surface area (Å²) in [6.07, 6.45) is 0.311. The molecule has 2 amide bonds. The number of anilines is 1. The fourth-order valence-electron chi connectivity index (χ4n) is 3.49. The van der Waals surface area contributed by atoms with Gasteiger partial charge in [-0.05, 0) is 19.4 Å². The average molecular weight is 507 g/mol. The number of rotatable bonds is 10. The highest BCUT2D eigenvalue weighted by molar-refractivity contribution is 7.99. The Bertz CT molecular complexity index is 1290. The molecule has 0 aliphatic carbocycles. The molecule has 0 saturated heterocycles. The van der Waals surface area contributed by atoms with Crippen molar-refractivity contribution in [2.24, 2.45) is 0 Å². The van der Waals surface area contributed by atoms with Crippen LogP contribution in [0.25, 0.3) is 11.3 Å². The van der Waals surface area contributed by atoms with Gasteiger partial charge in [0.1, 0.15) is 0 Å². The zero-order valence-electron chi connectivity index (χ0n) is 19.5. The molecule has 10 heteroatoms. The number of hydrogen-bond donors (Lipinski definition) is 2. The summed E-state index contributed by atoms with van der Waals surface area (Å²) in [4.78, 5) is 30.5. The predicted molar refractivity (Wildman–Crippen MR) is 139 cm³/mol. The summed E-state index contributed by atoms with van der Waals surface area (Å²) >= 11 is 2.76. The molecule has 2 aromatic heterocycles. The number of aromatic nitrogens is 4. The van der Waals surface area contributed by atoms with Gasteiger partial charge in [-0.15, -0.1) is 21.5 Å². The number of nitrogens with zero attached hydrogens (tertiary/aromatic N) is 4. The zero-order valence-corrected chi connectivity index (χ0v) is 21.2. The van der Waals surface area contributed by atoms with Crippen LogP contribution in [0.3, 0.4) is 0 Å². The quantitative estimate of drug-likeness (QED) is 0.311. The summed E-state index contributed by atoms with van der Waals surface area (Å²) in [6, 6.07) is 19.5. The van der Waals surface area contributed by atoms with Gasteiger partial charge in [0.15, 0.2) is 16.1 Å². The Morgan fingerprint density at radius 3 is 2.43 bits per heavy atom. The fraction of sp³-hybridized carbons (Fsp3) is 0.240. The van der Waals surface area contributed by atoms with E-state index in [0.29, 0.717) is 29.1 Å². The molecule has 0 bridgehead atoms. The van der Waals surface area contributed by atoms with Gasteiger partial charge in [-0.3, -0.25) is 9.59 Å². The first kappa shape index (κ1) is 24.6. The number of thioether (sulfide) groups is 1. The SMILES string of the molecule is CCn1c(CNC(=O)Cc2ccccc2)nnc1SCC(=O)Nc1nc(-c2ccccc2)c(C)s1. The van der Waals surface area contributed by atoms with Crippen molar-refractivity contribution in [3.63, 3.8) is 0 Å². The topological polar surface area (TPSA) is 102 Å². The third-order valence-corrected chi connectivity index (χ3v) is 7.04. The Morgan fingerprint density at radius 1 is 1.00 bits per heavy atom. The highest BCUT2D eigenvalue weighted by Crippen LogP contribution is 2.30. The normalized spacial score (nSPS) is 10.8. The largest absolute Gasteiger partial charge is 0.349 e. The first-order chi connectivity index (χ1) is 17.0. The second-order valence-corrected chi connectivity index (χ2v) is 9.85. The highest BCUT2D eigenvalue weighted by Gasteiger charge is 2.16. The number of amides is 2. The molecule has 180 valence electrons. The van der Waals surface area contributed by atoms with Crippen molar-refractivity contribution in [1.82, 2.24) is 25.1 Å². The van der Waals surface area contributed by atoms with Gasteiger partial charge in [0.25, 0.3) is 0 Å². The molecule has 0 aliphatic rings. The van der Waals surface area contributed by atoms with Crippen LogP contribution in [0.2, 0.25) is 0 Å². The molecule has 0 radical (unpaired) electrons. The Hall–Kier alpha value is -3.50. The first-order valence-electron chi connectivity index (χ1n) is 11.2. The van der Waals surface area contributed by atoms with Gasteiger partial charge in [0, 0.05) is 17.0 Å². The molecule has 0 atom stereocenters. The molecule has 4 aromatic rings. The molecule has 2 heterocycles. The second-order valence-electron chi connectivity index (χ2n) is 7.71. The number of benzene rings is 2.